The van der Waals surface area contributed by atoms with Gasteiger partial charge in [-0.05, 0) is 36.5 Å². The Kier molecular flexibility index (Phi) is 5.11. The van der Waals surface area contributed by atoms with Gasteiger partial charge in [-0.2, -0.15) is 0 Å². The van der Waals surface area contributed by atoms with Gasteiger partial charge in [0.2, 0.25) is 0 Å². The van der Waals surface area contributed by atoms with Crippen LogP contribution < -0.4 is 5.32 Å². The van der Waals surface area contributed by atoms with Crippen LogP contribution in [0.4, 0.5) is 8.78 Å². The monoisotopic (exact) mass is 283 g/mol. The van der Waals surface area contributed by atoms with E-state index in [1.54, 1.807) is 7.11 Å². The molecule has 112 valence electrons. The van der Waals surface area contributed by atoms with Crippen molar-refractivity contribution < 1.29 is 13.5 Å². The van der Waals surface area contributed by atoms with Gasteiger partial charge in [0.25, 0.3) is 0 Å². The van der Waals surface area contributed by atoms with E-state index in [4.69, 9.17) is 4.74 Å². The topological polar surface area (TPSA) is 21.3 Å². The number of hydrogen-bond acceptors (Lipinski definition) is 2. The summed E-state index contributed by atoms with van der Waals surface area (Å²) < 4.78 is 31.9. The minimum Gasteiger partial charge on any atom is -0.383 e. The van der Waals surface area contributed by atoms with Crippen LogP contribution in [0.15, 0.2) is 18.2 Å². The first-order valence-electron chi connectivity index (χ1n) is 7.26. The Labute approximate surface area is 119 Å². The second-order valence-corrected chi connectivity index (χ2v) is 5.79. The van der Waals surface area contributed by atoms with E-state index in [-0.39, 0.29) is 5.41 Å². The van der Waals surface area contributed by atoms with Crippen LogP contribution in [0.1, 0.15) is 31.7 Å². The van der Waals surface area contributed by atoms with Gasteiger partial charge in [0.15, 0.2) is 0 Å². The molecule has 0 bridgehead atoms. The van der Waals surface area contributed by atoms with Crippen LogP contribution in [0.2, 0.25) is 0 Å². The lowest BCUT2D eigenvalue weighted by Crippen LogP contribution is -2.49. The van der Waals surface area contributed by atoms with Crippen molar-refractivity contribution in [2.75, 3.05) is 26.8 Å². The quantitative estimate of drug-likeness (QED) is 0.776. The summed E-state index contributed by atoms with van der Waals surface area (Å²) >= 11 is 0. The van der Waals surface area contributed by atoms with Crippen molar-refractivity contribution in [3.63, 3.8) is 0 Å². The molecule has 0 amide bonds. The van der Waals surface area contributed by atoms with Crippen molar-refractivity contribution >= 4 is 0 Å². The highest BCUT2D eigenvalue weighted by Crippen LogP contribution is 2.49. The van der Waals surface area contributed by atoms with Crippen molar-refractivity contribution in [3.8, 4) is 0 Å². The zero-order valence-electron chi connectivity index (χ0n) is 12.2. The van der Waals surface area contributed by atoms with E-state index in [2.05, 4.69) is 12.2 Å². The fourth-order valence-corrected chi connectivity index (χ4v) is 3.18. The van der Waals surface area contributed by atoms with Gasteiger partial charge >= 0.3 is 0 Å². The van der Waals surface area contributed by atoms with Crippen LogP contribution in [-0.2, 0) is 10.2 Å². The van der Waals surface area contributed by atoms with Crippen LogP contribution in [0.25, 0.3) is 0 Å². The summed E-state index contributed by atoms with van der Waals surface area (Å²) in [7, 11) is 1.66. The molecule has 0 aromatic heterocycles. The summed E-state index contributed by atoms with van der Waals surface area (Å²) in [6.07, 6.45) is 3.11. The average Bonchev–Trinajstić information content (AvgIpc) is 2.35. The molecule has 2 nitrogen and oxygen atoms in total. The second kappa shape index (κ2) is 6.64. The van der Waals surface area contributed by atoms with Crippen LogP contribution in [-0.4, -0.2) is 26.8 Å². The molecular weight excluding hydrogens is 260 g/mol. The van der Waals surface area contributed by atoms with Crippen molar-refractivity contribution in [3.05, 3.63) is 35.4 Å². The molecule has 1 aliphatic rings. The highest BCUT2D eigenvalue weighted by Gasteiger charge is 2.44. The minimum atomic E-state index is -0.490. The Morgan fingerprint density at radius 2 is 1.90 bits per heavy atom. The number of rotatable bonds is 7. The van der Waals surface area contributed by atoms with E-state index in [0.717, 1.165) is 44.0 Å². The zero-order valence-corrected chi connectivity index (χ0v) is 12.2. The van der Waals surface area contributed by atoms with Crippen LogP contribution in [0, 0.1) is 17.6 Å². The molecular formula is C16H23F2NO. The van der Waals surface area contributed by atoms with Crippen LogP contribution in [0.5, 0.6) is 0 Å². The van der Waals surface area contributed by atoms with Crippen LogP contribution >= 0.6 is 0 Å². The van der Waals surface area contributed by atoms with E-state index in [1.165, 1.54) is 12.1 Å². The van der Waals surface area contributed by atoms with Crippen molar-refractivity contribution in [1.82, 2.24) is 5.32 Å². The predicted molar refractivity (Wildman–Crippen MR) is 75.8 cm³/mol. The molecule has 1 fully saturated rings. The number of ether oxygens (including phenoxy) is 1. The summed E-state index contributed by atoms with van der Waals surface area (Å²) in [5.74, 6) is -0.321. The Hall–Kier alpha value is -1.00. The SMILES string of the molecule is CCC1CC(CNCCOC)(c2cc(F)cc(F)c2)C1. The summed E-state index contributed by atoms with van der Waals surface area (Å²) in [5, 5.41) is 3.34. The first kappa shape index (κ1) is 15.4. The molecule has 0 heterocycles. The molecule has 0 radical (unpaired) electrons. The van der Waals surface area contributed by atoms with Crippen LogP contribution in [0.3, 0.4) is 0 Å². The lowest BCUT2D eigenvalue weighted by molar-refractivity contribution is 0.127. The predicted octanol–water partition coefficient (Wildman–Crippen LogP) is 3.26. The summed E-state index contributed by atoms with van der Waals surface area (Å²) in [6, 6.07) is 3.89. The van der Waals surface area contributed by atoms with Gasteiger partial charge in [-0.3, -0.25) is 0 Å². The molecule has 0 unspecified atom stereocenters. The van der Waals surface area contributed by atoms with Gasteiger partial charge in [-0.1, -0.05) is 13.3 Å². The van der Waals surface area contributed by atoms with Gasteiger partial charge in [-0.15, -0.1) is 0 Å². The van der Waals surface area contributed by atoms with Gasteiger partial charge < -0.3 is 10.1 Å². The lowest BCUT2D eigenvalue weighted by atomic mass is 9.58. The van der Waals surface area contributed by atoms with E-state index in [1.807, 2.05) is 0 Å². The van der Waals surface area contributed by atoms with E-state index in [9.17, 15) is 8.78 Å². The standard InChI is InChI=1S/C16H23F2NO/c1-3-12-9-16(10-12,11-19-4-5-20-2)13-6-14(17)8-15(18)7-13/h6-8,12,19H,3-5,9-11H2,1-2H3. The lowest BCUT2D eigenvalue weighted by Gasteiger charge is -2.48. The molecule has 1 saturated carbocycles. The number of halogens is 2. The summed E-state index contributed by atoms with van der Waals surface area (Å²) in [4.78, 5) is 0. The molecule has 4 heteroatoms. The normalized spacial score (nSPS) is 25.5. The maximum absolute atomic E-state index is 13.5. The van der Waals surface area contributed by atoms with Crippen molar-refractivity contribution in [2.24, 2.45) is 5.92 Å². The number of benzene rings is 1. The maximum Gasteiger partial charge on any atom is 0.126 e. The Morgan fingerprint density at radius 3 is 2.45 bits per heavy atom. The highest BCUT2D eigenvalue weighted by atomic mass is 19.1. The molecule has 1 aliphatic carbocycles. The number of methoxy groups -OCH3 is 1. The average molecular weight is 283 g/mol. The first-order chi connectivity index (χ1) is 9.59. The third kappa shape index (κ3) is 3.36. The van der Waals surface area contributed by atoms with Crippen molar-refractivity contribution in [1.29, 1.82) is 0 Å². The van der Waals surface area contributed by atoms with E-state index < -0.39 is 11.6 Å². The van der Waals surface area contributed by atoms with E-state index in [0.29, 0.717) is 12.5 Å². The molecule has 1 N–H and O–H groups in total. The highest BCUT2D eigenvalue weighted by molar-refractivity contribution is 5.31. The molecule has 0 spiro atoms. The van der Waals surface area contributed by atoms with Gasteiger partial charge in [0, 0.05) is 31.7 Å². The van der Waals surface area contributed by atoms with Gasteiger partial charge in [0.1, 0.15) is 11.6 Å². The zero-order chi connectivity index (χ0) is 14.6. The molecule has 0 aliphatic heterocycles. The van der Waals surface area contributed by atoms with Gasteiger partial charge in [-0.25, -0.2) is 8.78 Å². The smallest absolute Gasteiger partial charge is 0.126 e. The summed E-state index contributed by atoms with van der Waals surface area (Å²) in [5.41, 5.74) is 0.654. The minimum absolute atomic E-state index is 0.128. The summed E-state index contributed by atoms with van der Waals surface area (Å²) in [6.45, 7) is 4.31. The molecule has 20 heavy (non-hydrogen) atoms. The molecule has 1 aromatic carbocycles. The third-order valence-corrected chi connectivity index (χ3v) is 4.36. The molecule has 2 rings (SSSR count). The molecule has 1 aromatic rings. The Morgan fingerprint density at radius 1 is 1.25 bits per heavy atom. The second-order valence-electron chi connectivity index (χ2n) is 5.79. The largest absolute Gasteiger partial charge is 0.383 e. The molecule has 0 saturated heterocycles. The third-order valence-electron chi connectivity index (χ3n) is 4.36. The Balaban J connectivity index is 2.10. The fraction of sp³-hybridized carbons (Fsp3) is 0.625. The van der Waals surface area contributed by atoms with E-state index >= 15 is 0 Å². The number of hydrogen-bond donors (Lipinski definition) is 1. The fourth-order valence-electron chi connectivity index (χ4n) is 3.18. The number of nitrogens with one attached hydrogen (secondary N) is 1. The van der Waals surface area contributed by atoms with Crippen molar-refractivity contribution in [2.45, 2.75) is 31.6 Å². The van der Waals surface area contributed by atoms with Gasteiger partial charge in [0.05, 0.1) is 6.61 Å². The molecule has 0 atom stereocenters. The maximum atomic E-state index is 13.5. The first-order valence-corrected chi connectivity index (χ1v) is 7.26. The Bertz CT molecular complexity index is 424.